The number of benzene rings is 1. The lowest BCUT2D eigenvalue weighted by Crippen LogP contribution is -2.51. The molecular weight excluding hydrogens is 401 g/mol. The summed E-state index contributed by atoms with van der Waals surface area (Å²) >= 11 is 0. The molecular formula is C22H24FN5O3. The van der Waals surface area contributed by atoms with Crippen molar-refractivity contribution < 1.29 is 18.7 Å². The molecule has 2 aliphatic heterocycles. The quantitative estimate of drug-likeness (QED) is 0.711. The summed E-state index contributed by atoms with van der Waals surface area (Å²) in [5.41, 5.74) is 1.42. The van der Waals surface area contributed by atoms with Gasteiger partial charge in [0.05, 0.1) is 18.7 Å². The molecule has 8 nitrogen and oxygen atoms in total. The third kappa shape index (κ3) is 4.66. The van der Waals surface area contributed by atoms with Crippen LogP contribution in [-0.4, -0.2) is 61.7 Å². The molecule has 1 aromatic carbocycles. The number of rotatable bonds is 5. The Labute approximate surface area is 179 Å². The first-order valence-electron chi connectivity index (χ1n) is 10.1. The van der Waals surface area contributed by atoms with Crippen molar-refractivity contribution in [1.82, 2.24) is 20.5 Å². The minimum Gasteiger partial charge on any atom is -0.466 e. The van der Waals surface area contributed by atoms with Gasteiger partial charge in [-0.05, 0) is 29.8 Å². The molecule has 1 atom stereocenters. The zero-order valence-corrected chi connectivity index (χ0v) is 17.2. The van der Waals surface area contributed by atoms with E-state index in [-0.39, 0.29) is 0 Å². The number of methoxy groups -OCH3 is 1. The minimum absolute atomic E-state index is 0.320. The highest BCUT2D eigenvalue weighted by molar-refractivity contribution is 5.95. The van der Waals surface area contributed by atoms with Crippen molar-refractivity contribution in [1.29, 1.82) is 0 Å². The molecule has 2 aliphatic rings. The number of ether oxygens (including phenoxy) is 1. The van der Waals surface area contributed by atoms with Crippen molar-refractivity contribution in [3.63, 3.8) is 0 Å². The predicted octanol–water partition coefficient (Wildman–Crippen LogP) is 1.82. The van der Waals surface area contributed by atoms with Crippen molar-refractivity contribution >= 4 is 17.8 Å². The van der Waals surface area contributed by atoms with Crippen LogP contribution >= 0.6 is 0 Å². The second-order valence-corrected chi connectivity index (χ2v) is 7.42. The van der Waals surface area contributed by atoms with Crippen LogP contribution < -0.4 is 15.5 Å². The number of pyridine rings is 1. The first-order valence-corrected chi connectivity index (χ1v) is 10.1. The van der Waals surface area contributed by atoms with E-state index in [2.05, 4.69) is 25.4 Å². The van der Waals surface area contributed by atoms with Crippen LogP contribution in [0.15, 0.2) is 59.9 Å². The summed E-state index contributed by atoms with van der Waals surface area (Å²) in [7, 11) is 1.30. The fourth-order valence-corrected chi connectivity index (χ4v) is 3.90. The molecule has 0 spiro atoms. The predicted molar refractivity (Wildman–Crippen MR) is 113 cm³/mol. The Balaban J connectivity index is 1.54. The van der Waals surface area contributed by atoms with E-state index in [4.69, 9.17) is 4.74 Å². The van der Waals surface area contributed by atoms with Crippen molar-refractivity contribution in [3.05, 3.63) is 71.3 Å². The molecule has 9 heteroatoms. The number of piperazine rings is 1. The number of aromatic nitrogens is 1. The molecule has 1 saturated heterocycles. The van der Waals surface area contributed by atoms with Crippen LogP contribution in [0.1, 0.15) is 11.6 Å². The lowest BCUT2D eigenvalue weighted by molar-refractivity contribution is -0.136. The van der Waals surface area contributed by atoms with Crippen LogP contribution in [0.4, 0.5) is 15.0 Å². The van der Waals surface area contributed by atoms with Crippen LogP contribution in [-0.2, 0) is 9.53 Å². The standard InChI is InChI=1S/C22H24FN5O3/c1-31-21(29)19-17(25-22(30)26-20(19)15-5-7-16(23)8-6-15)14-27-10-12-28(13-11-27)18-4-2-3-9-24-18/h2-9,20H,10-14H2,1H3,(H2,25,26,30)/t20-/m1/s1. The maximum absolute atomic E-state index is 13.4. The van der Waals surface area contributed by atoms with Gasteiger partial charge in [-0.2, -0.15) is 0 Å². The molecule has 0 saturated carbocycles. The van der Waals surface area contributed by atoms with Gasteiger partial charge in [-0.25, -0.2) is 19.0 Å². The smallest absolute Gasteiger partial charge is 0.338 e. The summed E-state index contributed by atoms with van der Waals surface area (Å²) in [6.07, 6.45) is 1.77. The Morgan fingerprint density at radius 3 is 2.55 bits per heavy atom. The van der Waals surface area contributed by atoms with Gasteiger partial charge in [0.2, 0.25) is 0 Å². The zero-order valence-electron chi connectivity index (χ0n) is 17.2. The second-order valence-electron chi connectivity index (χ2n) is 7.42. The van der Waals surface area contributed by atoms with Gasteiger partial charge in [-0.3, -0.25) is 4.90 Å². The Hall–Kier alpha value is -3.46. The van der Waals surface area contributed by atoms with Crippen molar-refractivity contribution in [2.45, 2.75) is 6.04 Å². The summed E-state index contributed by atoms with van der Waals surface area (Å²) in [6, 6.07) is 10.4. The molecule has 4 rings (SSSR count). The fraction of sp³-hybridized carbons (Fsp3) is 0.318. The second kappa shape index (κ2) is 9.13. The van der Waals surface area contributed by atoms with E-state index in [1.807, 2.05) is 18.2 Å². The summed E-state index contributed by atoms with van der Waals surface area (Å²) in [5, 5.41) is 5.52. The number of hydrogen-bond acceptors (Lipinski definition) is 6. The molecule has 0 bridgehead atoms. The van der Waals surface area contributed by atoms with E-state index in [1.54, 1.807) is 18.3 Å². The number of nitrogens with zero attached hydrogens (tertiary/aromatic N) is 3. The first kappa shape index (κ1) is 20.8. The van der Waals surface area contributed by atoms with Gasteiger partial charge in [0.1, 0.15) is 11.6 Å². The number of urea groups is 1. The molecule has 0 aliphatic carbocycles. The lowest BCUT2D eigenvalue weighted by Gasteiger charge is -2.37. The average Bonchev–Trinajstić information content (AvgIpc) is 2.80. The molecule has 3 heterocycles. The van der Waals surface area contributed by atoms with E-state index in [1.165, 1.54) is 19.2 Å². The van der Waals surface area contributed by atoms with Crippen LogP contribution in [0.2, 0.25) is 0 Å². The van der Waals surface area contributed by atoms with Gasteiger partial charge in [0, 0.05) is 44.6 Å². The van der Waals surface area contributed by atoms with Crippen LogP contribution in [0, 0.1) is 5.82 Å². The van der Waals surface area contributed by atoms with Gasteiger partial charge in [-0.1, -0.05) is 18.2 Å². The van der Waals surface area contributed by atoms with E-state index in [0.717, 1.165) is 32.0 Å². The highest BCUT2D eigenvalue weighted by atomic mass is 19.1. The minimum atomic E-state index is -0.716. The van der Waals surface area contributed by atoms with Gasteiger partial charge in [-0.15, -0.1) is 0 Å². The number of nitrogens with one attached hydrogen (secondary N) is 2. The molecule has 162 valence electrons. The number of anilines is 1. The summed E-state index contributed by atoms with van der Waals surface area (Å²) < 4.78 is 18.4. The monoisotopic (exact) mass is 425 g/mol. The van der Waals surface area contributed by atoms with Crippen LogP contribution in [0.5, 0.6) is 0 Å². The van der Waals surface area contributed by atoms with E-state index >= 15 is 0 Å². The van der Waals surface area contributed by atoms with Crippen LogP contribution in [0.25, 0.3) is 0 Å². The molecule has 2 aromatic rings. The molecule has 1 fully saturated rings. The highest BCUT2D eigenvalue weighted by Crippen LogP contribution is 2.28. The van der Waals surface area contributed by atoms with E-state index in [0.29, 0.717) is 23.4 Å². The molecule has 0 unspecified atom stereocenters. The van der Waals surface area contributed by atoms with Gasteiger partial charge >= 0.3 is 12.0 Å². The number of amides is 2. The molecule has 31 heavy (non-hydrogen) atoms. The number of carbonyl (C=O) groups is 2. The third-order valence-corrected chi connectivity index (χ3v) is 5.49. The van der Waals surface area contributed by atoms with Crippen molar-refractivity contribution in [2.75, 3.05) is 44.7 Å². The molecule has 2 N–H and O–H groups in total. The highest BCUT2D eigenvalue weighted by Gasteiger charge is 2.34. The van der Waals surface area contributed by atoms with Crippen molar-refractivity contribution in [3.8, 4) is 0 Å². The molecule has 0 radical (unpaired) electrons. The normalized spacial score (nSPS) is 19.6. The number of esters is 1. The van der Waals surface area contributed by atoms with E-state index < -0.39 is 23.9 Å². The topological polar surface area (TPSA) is 86.8 Å². The fourth-order valence-electron chi connectivity index (χ4n) is 3.90. The zero-order chi connectivity index (χ0) is 21.8. The van der Waals surface area contributed by atoms with Gasteiger partial charge in [0.15, 0.2) is 0 Å². The number of hydrogen-bond donors (Lipinski definition) is 2. The van der Waals surface area contributed by atoms with Gasteiger partial charge < -0.3 is 20.3 Å². The van der Waals surface area contributed by atoms with Crippen molar-refractivity contribution in [2.24, 2.45) is 0 Å². The lowest BCUT2D eigenvalue weighted by atomic mass is 9.95. The largest absolute Gasteiger partial charge is 0.466 e. The maximum Gasteiger partial charge on any atom is 0.338 e. The van der Waals surface area contributed by atoms with Gasteiger partial charge in [0.25, 0.3) is 0 Å². The third-order valence-electron chi connectivity index (χ3n) is 5.49. The molecule has 2 amide bonds. The Morgan fingerprint density at radius 1 is 1.16 bits per heavy atom. The van der Waals surface area contributed by atoms with E-state index in [9.17, 15) is 14.0 Å². The summed E-state index contributed by atoms with van der Waals surface area (Å²) in [5.74, 6) is 0.00529. The Kier molecular flexibility index (Phi) is 6.13. The summed E-state index contributed by atoms with van der Waals surface area (Å²) in [4.78, 5) is 33.7. The Bertz CT molecular complexity index is 972. The number of carbonyl (C=O) groups excluding carboxylic acids is 2. The SMILES string of the molecule is COC(=O)C1=C(CN2CCN(c3ccccn3)CC2)NC(=O)N[C@@H]1c1ccc(F)cc1. The van der Waals surface area contributed by atoms with Crippen LogP contribution in [0.3, 0.4) is 0 Å². The average molecular weight is 425 g/mol. The molecule has 1 aromatic heterocycles. The first-order chi connectivity index (χ1) is 15.0. The Morgan fingerprint density at radius 2 is 1.90 bits per heavy atom. The maximum atomic E-state index is 13.4. The number of halogens is 1. The summed E-state index contributed by atoms with van der Waals surface area (Å²) in [6.45, 7) is 3.46.